The number of rotatable bonds is 5. The zero-order valence-corrected chi connectivity index (χ0v) is 14.0. The van der Waals surface area contributed by atoms with Crippen LogP contribution in [0.3, 0.4) is 0 Å². The van der Waals surface area contributed by atoms with Crippen molar-refractivity contribution >= 4 is 0 Å². The number of aliphatic hydroxyl groups excluding tert-OH is 1. The largest absolute Gasteiger partial charge is 0.394 e. The van der Waals surface area contributed by atoms with Crippen molar-refractivity contribution in [2.75, 3.05) is 19.7 Å². The van der Waals surface area contributed by atoms with Gasteiger partial charge in [-0.3, -0.25) is 0 Å². The van der Waals surface area contributed by atoms with Crippen molar-refractivity contribution in [2.24, 2.45) is 11.8 Å². The second-order valence-corrected chi connectivity index (χ2v) is 8.22. The lowest BCUT2D eigenvalue weighted by Gasteiger charge is -2.32. The Labute approximate surface area is 130 Å². The highest BCUT2D eigenvalue weighted by Gasteiger charge is 2.43. The van der Waals surface area contributed by atoms with Crippen LogP contribution >= 0.6 is 0 Å². The van der Waals surface area contributed by atoms with Crippen molar-refractivity contribution in [1.29, 1.82) is 0 Å². The van der Waals surface area contributed by atoms with Crippen LogP contribution < -0.4 is 5.32 Å². The molecule has 0 bridgehead atoms. The minimum absolute atomic E-state index is 0.0373. The minimum Gasteiger partial charge on any atom is -0.394 e. The number of likely N-dealkylation sites (tertiary alicyclic amines) is 1. The maximum atomic E-state index is 9.90. The molecule has 1 heterocycles. The fourth-order valence-electron chi connectivity index (χ4n) is 4.57. The Kier molecular flexibility index (Phi) is 4.92. The summed E-state index contributed by atoms with van der Waals surface area (Å²) in [7, 11) is 0. The summed E-state index contributed by atoms with van der Waals surface area (Å²) in [6.45, 7) is 7.64. The van der Waals surface area contributed by atoms with Crippen LogP contribution in [0.5, 0.6) is 0 Å². The molecule has 122 valence electrons. The molecule has 0 aromatic carbocycles. The Hall–Kier alpha value is -0.120. The van der Waals surface area contributed by atoms with Crippen LogP contribution in [0.2, 0.25) is 0 Å². The topological polar surface area (TPSA) is 35.5 Å². The predicted octanol–water partition coefficient (Wildman–Crippen LogP) is 2.78. The Bertz CT molecular complexity index is 342. The van der Waals surface area contributed by atoms with E-state index in [0.717, 1.165) is 24.7 Å². The molecule has 0 spiro atoms. The van der Waals surface area contributed by atoms with Crippen molar-refractivity contribution in [3.05, 3.63) is 0 Å². The molecule has 2 N–H and O–H groups in total. The van der Waals surface area contributed by atoms with Crippen LogP contribution in [-0.4, -0.2) is 47.3 Å². The third-order valence-electron chi connectivity index (χ3n) is 6.24. The van der Waals surface area contributed by atoms with Gasteiger partial charge in [-0.15, -0.1) is 0 Å². The van der Waals surface area contributed by atoms with Gasteiger partial charge in [0.1, 0.15) is 0 Å². The van der Waals surface area contributed by atoms with E-state index in [1.165, 1.54) is 51.6 Å². The number of hydrogen-bond donors (Lipinski definition) is 2. The van der Waals surface area contributed by atoms with Gasteiger partial charge in [-0.25, -0.2) is 0 Å². The van der Waals surface area contributed by atoms with Gasteiger partial charge in [0.05, 0.1) is 6.61 Å². The Morgan fingerprint density at radius 1 is 1.14 bits per heavy atom. The summed E-state index contributed by atoms with van der Waals surface area (Å²) in [6, 6.07) is 1.40. The molecule has 0 aromatic rings. The molecule has 2 saturated carbocycles. The summed E-state index contributed by atoms with van der Waals surface area (Å²) in [5.74, 6) is 1.75. The first-order valence-electron chi connectivity index (χ1n) is 9.24. The third-order valence-corrected chi connectivity index (χ3v) is 6.24. The quantitative estimate of drug-likeness (QED) is 0.818. The number of hydrogen-bond acceptors (Lipinski definition) is 3. The van der Waals surface area contributed by atoms with Gasteiger partial charge in [-0.2, -0.15) is 0 Å². The third kappa shape index (κ3) is 3.80. The van der Waals surface area contributed by atoms with Gasteiger partial charge in [0.15, 0.2) is 0 Å². The van der Waals surface area contributed by atoms with E-state index in [1.54, 1.807) is 0 Å². The Morgan fingerprint density at radius 2 is 1.95 bits per heavy atom. The van der Waals surface area contributed by atoms with Crippen LogP contribution in [0.25, 0.3) is 0 Å². The fraction of sp³-hybridized carbons (Fsp3) is 1.00. The number of nitrogens with one attached hydrogen (secondary N) is 1. The Morgan fingerprint density at radius 3 is 2.62 bits per heavy atom. The number of aliphatic hydroxyl groups is 1. The first kappa shape index (κ1) is 15.8. The van der Waals surface area contributed by atoms with Crippen LogP contribution in [-0.2, 0) is 0 Å². The van der Waals surface area contributed by atoms with Gasteiger partial charge in [0.2, 0.25) is 0 Å². The summed E-state index contributed by atoms with van der Waals surface area (Å²) < 4.78 is 0. The van der Waals surface area contributed by atoms with Crippen molar-refractivity contribution in [2.45, 2.75) is 82.8 Å². The van der Waals surface area contributed by atoms with Crippen molar-refractivity contribution in [3.63, 3.8) is 0 Å². The highest BCUT2D eigenvalue weighted by atomic mass is 16.3. The molecular weight excluding hydrogens is 260 g/mol. The van der Waals surface area contributed by atoms with Crippen LogP contribution in [0, 0.1) is 11.8 Å². The van der Waals surface area contributed by atoms with Crippen molar-refractivity contribution in [3.8, 4) is 0 Å². The van der Waals surface area contributed by atoms with Gasteiger partial charge in [-0.05, 0) is 76.3 Å². The van der Waals surface area contributed by atoms with Crippen molar-refractivity contribution < 1.29 is 5.11 Å². The monoisotopic (exact) mass is 294 g/mol. The van der Waals surface area contributed by atoms with Gasteiger partial charge in [0, 0.05) is 17.6 Å². The standard InChI is InChI=1S/C18H34N2O/c1-14(2)15-4-3-10-20(11-8-15)17-7-9-18(12-17,13-21)19-16-5-6-16/h14-17,19,21H,3-13H2,1-2H3. The lowest BCUT2D eigenvalue weighted by atomic mass is 9.89. The van der Waals surface area contributed by atoms with E-state index < -0.39 is 0 Å². The lowest BCUT2D eigenvalue weighted by Crippen LogP contribution is -2.49. The van der Waals surface area contributed by atoms with Gasteiger partial charge < -0.3 is 15.3 Å². The molecule has 2 aliphatic carbocycles. The summed E-state index contributed by atoms with van der Waals surface area (Å²) in [5.41, 5.74) is 0.0373. The molecule has 0 aromatic heterocycles. The predicted molar refractivity (Wildman–Crippen MR) is 87.4 cm³/mol. The zero-order chi connectivity index (χ0) is 14.9. The molecule has 3 aliphatic rings. The van der Waals surface area contributed by atoms with Crippen LogP contribution in [0.4, 0.5) is 0 Å². The van der Waals surface area contributed by atoms with E-state index in [-0.39, 0.29) is 5.54 Å². The highest BCUT2D eigenvalue weighted by molar-refractivity contribution is 5.03. The SMILES string of the molecule is CC(C)C1CCCN(C2CCC(CO)(NC3CC3)C2)CC1. The second-order valence-electron chi connectivity index (χ2n) is 8.22. The fourth-order valence-corrected chi connectivity index (χ4v) is 4.57. The molecule has 1 aliphatic heterocycles. The second kappa shape index (κ2) is 6.55. The molecule has 3 atom stereocenters. The van der Waals surface area contributed by atoms with E-state index in [9.17, 15) is 5.11 Å². The van der Waals surface area contributed by atoms with E-state index in [0.29, 0.717) is 18.7 Å². The average molecular weight is 294 g/mol. The first-order chi connectivity index (χ1) is 10.1. The molecular formula is C18H34N2O. The summed E-state index contributed by atoms with van der Waals surface area (Å²) in [4.78, 5) is 2.74. The van der Waals surface area contributed by atoms with Gasteiger partial charge >= 0.3 is 0 Å². The normalized spacial score (nSPS) is 38.9. The summed E-state index contributed by atoms with van der Waals surface area (Å²) >= 11 is 0. The minimum atomic E-state index is 0.0373. The summed E-state index contributed by atoms with van der Waals surface area (Å²) in [5, 5.41) is 13.6. The average Bonchev–Trinajstić information content (AvgIpc) is 3.22. The van der Waals surface area contributed by atoms with Crippen LogP contribution in [0.1, 0.15) is 65.2 Å². The molecule has 3 nitrogen and oxygen atoms in total. The molecule has 3 fully saturated rings. The van der Waals surface area contributed by atoms with E-state index in [1.807, 2.05) is 0 Å². The maximum absolute atomic E-state index is 9.90. The molecule has 3 rings (SSSR count). The lowest BCUT2D eigenvalue weighted by molar-refractivity contribution is 0.141. The van der Waals surface area contributed by atoms with E-state index >= 15 is 0 Å². The van der Waals surface area contributed by atoms with E-state index in [4.69, 9.17) is 0 Å². The first-order valence-corrected chi connectivity index (χ1v) is 9.24. The molecule has 3 unspecified atom stereocenters. The van der Waals surface area contributed by atoms with Crippen LogP contribution in [0.15, 0.2) is 0 Å². The summed E-state index contributed by atoms with van der Waals surface area (Å²) in [6.07, 6.45) is 10.4. The highest BCUT2D eigenvalue weighted by Crippen LogP contribution is 2.37. The molecule has 21 heavy (non-hydrogen) atoms. The Balaban J connectivity index is 1.55. The molecule has 3 heteroatoms. The molecule has 1 saturated heterocycles. The zero-order valence-electron chi connectivity index (χ0n) is 14.0. The molecule has 0 amide bonds. The van der Waals surface area contributed by atoms with Crippen molar-refractivity contribution in [1.82, 2.24) is 10.2 Å². The van der Waals surface area contributed by atoms with Gasteiger partial charge in [-0.1, -0.05) is 13.8 Å². The number of nitrogens with zero attached hydrogens (tertiary/aromatic N) is 1. The van der Waals surface area contributed by atoms with E-state index in [2.05, 4.69) is 24.1 Å². The smallest absolute Gasteiger partial charge is 0.0614 e. The van der Waals surface area contributed by atoms with Gasteiger partial charge in [0.25, 0.3) is 0 Å². The maximum Gasteiger partial charge on any atom is 0.0614 e. The molecule has 0 radical (unpaired) electrons.